The van der Waals surface area contributed by atoms with Gasteiger partial charge in [0.25, 0.3) is 0 Å². The van der Waals surface area contributed by atoms with Gasteiger partial charge < -0.3 is 5.32 Å². The highest BCUT2D eigenvalue weighted by molar-refractivity contribution is 9.10. The van der Waals surface area contributed by atoms with Crippen molar-refractivity contribution in [2.24, 2.45) is 0 Å². The number of carbonyl (C=O) groups is 3. The lowest BCUT2D eigenvalue weighted by atomic mass is 9.71. The lowest BCUT2D eigenvalue weighted by Crippen LogP contribution is -2.38. The molecule has 24 heavy (non-hydrogen) atoms. The third kappa shape index (κ3) is 1.88. The minimum absolute atomic E-state index is 0.213. The Morgan fingerprint density at radius 2 is 1.71 bits per heavy atom. The summed E-state index contributed by atoms with van der Waals surface area (Å²) in [5.74, 6) is -0.833. The summed E-state index contributed by atoms with van der Waals surface area (Å²) in [5.41, 5.74) is 1.10. The van der Waals surface area contributed by atoms with E-state index >= 15 is 0 Å². The van der Waals surface area contributed by atoms with E-state index in [0.29, 0.717) is 22.4 Å². The van der Waals surface area contributed by atoms with Gasteiger partial charge in [-0.15, -0.1) is 0 Å². The van der Waals surface area contributed by atoms with Gasteiger partial charge in [0, 0.05) is 26.9 Å². The fraction of sp³-hybridized carbons (Fsp3) is 0.105. The number of amides is 1. The van der Waals surface area contributed by atoms with Gasteiger partial charge in [-0.1, -0.05) is 46.3 Å². The number of ketones is 2. The second-order valence-corrected chi connectivity index (χ2v) is 6.98. The number of rotatable bonds is 1. The molecule has 0 aromatic heterocycles. The molecule has 2 aliphatic rings. The zero-order valence-corrected chi connectivity index (χ0v) is 14.3. The maximum absolute atomic E-state index is 13.0. The maximum atomic E-state index is 13.0. The molecule has 0 spiro atoms. The Morgan fingerprint density at radius 3 is 2.46 bits per heavy atom. The van der Waals surface area contributed by atoms with E-state index in [1.165, 1.54) is 6.08 Å². The Hall–Kier alpha value is -2.53. The first kappa shape index (κ1) is 15.0. The fourth-order valence-electron chi connectivity index (χ4n) is 3.38. The lowest BCUT2D eigenvalue weighted by Gasteiger charge is -2.27. The summed E-state index contributed by atoms with van der Waals surface area (Å²) >= 11 is 3.37. The van der Waals surface area contributed by atoms with Gasteiger partial charge >= 0.3 is 0 Å². The van der Waals surface area contributed by atoms with E-state index in [4.69, 9.17) is 0 Å². The third-order valence-corrected chi connectivity index (χ3v) is 5.21. The number of hydrogen-bond donors (Lipinski definition) is 1. The predicted molar refractivity (Wildman–Crippen MR) is 93.3 cm³/mol. The van der Waals surface area contributed by atoms with Crippen LogP contribution in [0, 0.1) is 0 Å². The van der Waals surface area contributed by atoms with Crippen molar-refractivity contribution in [3.63, 3.8) is 0 Å². The molecule has 1 heterocycles. The monoisotopic (exact) mass is 381 g/mol. The summed E-state index contributed by atoms with van der Waals surface area (Å²) in [7, 11) is 0. The fourth-order valence-corrected chi connectivity index (χ4v) is 3.74. The maximum Gasteiger partial charge on any atom is 0.239 e. The largest absolute Gasteiger partial charge is 0.325 e. The van der Waals surface area contributed by atoms with Crippen LogP contribution in [0.4, 0.5) is 5.69 Å². The third-order valence-electron chi connectivity index (χ3n) is 4.72. The molecule has 0 saturated carbocycles. The van der Waals surface area contributed by atoms with Crippen molar-refractivity contribution in [3.05, 3.63) is 75.3 Å². The van der Waals surface area contributed by atoms with Crippen LogP contribution in [0.3, 0.4) is 0 Å². The second kappa shape index (κ2) is 4.98. The molecule has 1 amide bonds. The summed E-state index contributed by atoms with van der Waals surface area (Å²) in [6, 6.07) is 12.1. The molecule has 0 saturated heterocycles. The smallest absolute Gasteiger partial charge is 0.239 e. The van der Waals surface area contributed by atoms with Gasteiger partial charge in [0.1, 0.15) is 5.41 Å². The summed E-state index contributed by atoms with van der Waals surface area (Å²) < 4.78 is 0.830. The van der Waals surface area contributed by atoms with E-state index in [2.05, 4.69) is 21.2 Å². The number of hydrogen-bond acceptors (Lipinski definition) is 3. The number of fused-ring (bicyclic) bond motifs is 2. The van der Waals surface area contributed by atoms with E-state index < -0.39 is 5.41 Å². The van der Waals surface area contributed by atoms with Gasteiger partial charge in [0.05, 0.1) is 0 Å². The molecule has 0 radical (unpaired) electrons. The van der Waals surface area contributed by atoms with Crippen LogP contribution in [-0.2, 0) is 10.2 Å². The van der Waals surface area contributed by atoms with Crippen molar-refractivity contribution in [1.82, 2.24) is 0 Å². The van der Waals surface area contributed by atoms with Gasteiger partial charge in [-0.3, -0.25) is 14.4 Å². The van der Waals surface area contributed by atoms with E-state index in [0.717, 1.165) is 4.47 Å². The van der Waals surface area contributed by atoms with Crippen LogP contribution in [0.5, 0.6) is 0 Å². The number of halogens is 1. The molecule has 2 aromatic carbocycles. The highest BCUT2D eigenvalue weighted by Gasteiger charge is 2.49. The normalized spacial score (nSPS) is 21.9. The summed E-state index contributed by atoms with van der Waals surface area (Å²) in [6.07, 6.45) is 1.31. The first-order chi connectivity index (χ1) is 11.4. The number of Topliss-reactive ketones (excluding diaryl/α,β-unsaturated/α-hetero) is 1. The van der Waals surface area contributed by atoms with Crippen molar-refractivity contribution < 1.29 is 14.4 Å². The van der Waals surface area contributed by atoms with Crippen LogP contribution >= 0.6 is 15.9 Å². The first-order valence-corrected chi connectivity index (χ1v) is 8.24. The summed E-state index contributed by atoms with van der Waals surface area (Å²) in [4.78, 5) is 38.1. The Labute approximate surface area is 146 Å². The van der Waals surface area contributed by atoms with Gasteiger partial charge in [-0.05, 0) is 30.7 Å². The SMILES string of the molecule is C[C@@]1(C2=CC(=O)c3ccccc3C2=O)C(=O)Nc2cc(Br)ccc21. The van der Waals surface area contributed by atoms with E-state index in [9.17, 15) is 14.4 Å². The van der Waals surface area contributed by atoms with Crippen molar-refractivity contribution in [3.8, 4) is 0 Å². The molecule has 1 atom stereocenters. The van der Waals surface area contributed by atoms with Crippen LogP contribution in [0.2, 0.25) is 0 Å². The molecule has 5 heteroatoms. The highest BCUT2D eigenvalue weighted by atomic mass is 79.9. The zero-order chi connectivity index (χ0) is 17.1. The predicted octanol–water partition coefficient (Wildman–Crippen LogP) is 3.66. The van der Waals surface area contributed by atoms with Gasteiger partial charge in [0.2, 0.25) is 5.91 Å². The molecule has 4 nitrogen and oxygen atoms in total. The quantitative estimate of drug-likeness (QED) is 0.819. The highest BCUT2D eigenvalue weighted by Crippen LogP contribution is 2.45. The van der Waals surface area contributed by atoms with Crippen LogP contribution in [0.15, 0.2) is 58.6 Å². The van der Waals surface area contributed by atoms with Gasteiger partial charge in [0.15, 0.2) is 11.6 Å². The Morgan fingerprint density at radius 1 is 1.00 bits per heavy atom. The van der Waals surface area contributed by atoms with E-state index in [-0.39, 0.29) is 23.0 Å². The first-order valence-electron chi connectivity index (χ1n) is 7.44. The molecule has 2 aromatic rings. The second-order valence-electron chi connectivity index (χ2n) is 6.07. The molecule has 1 aliphatic heterocycles. The lowest BCUT2D eigenvalue weighted by molar-refractivity contribution is -0.119. The zero-order valence-electron chi connectivity index (χ0n) is 12.7. The molecule has 1 N–H and O–H groups in total. The molecular formula is C19H12BrNO3. The molecule has 0 fully saturated rings. The van der Waals surface area contributed by atoms with Crippen molar-refractivity contribution in [2.75, 3.05) is 5.32 Å². The average molecular weight is 382 g/mol. The average Bonchev–Trinajstić information content (AvgIpc) is 2.82. The number of anilines is 1. The van der Waals surface area contributed by atoms with Crippen molar-refractivity contribution in [1.29, 1.82) is 0 Å². The van der Waals surface area contributed by atoms with Crippen LogP contribution in [0.25, 0.3) is 0 Å². The summed E-state index contributed by atoms with van der Waals surface area (Å²) in [6.45, 7) is 1.69. The van der Waals surface area contributed by atoms with Gasteiger partial charge in [-0.2, -0.15) is 0 Å². The standard InChI is InChI=1S/C19H12BrNO3/c1-19(13-7-6-10(20)8-15(13)21-18(19)24)14-9-16(22)11-4-2-3-5-12(11)17(14)23/h2-9H,1H3,(H,21,24)/t19-/m1/s1. The Balaban J connectivity index is 1.93. The van der Waals surface area contributed by atoms with Crippen molar-refractivity contribution in [2.45, 2.75) is 12.3 Å². The number of benzene rings is 2. The molecular weight excluding hydrogens is 370 g/mol. The van der Waals surface area contributed by atoms with Crippen molar-refractivity contribution >= 4 is 39.1 Å². The Kier molecular flexibility index (Phi) is 3.12. The number of nitrogens with one attached hydrogen (secondary N) is 1. The van der Waals surface area contributed by atoms with E-state index in [1.807, 2.05) is 6.07 Å². The number of allylic oxidation sites excluding steroid dienone is 1. The van der Waals surface area contributed by atoms with Crippen LogP contribution in [-0.4, -0.2) is 17.5 Å². The van der Waals surface area contributed by atoms with Gasteiger partial charge in [-0.25, -0.2) is 0 Å². The Bertz CT molecular complexity index is 976. The topological polar surface area (TPSA) is 63.2 Å². The summed E-state index contributed by atoms with van der Waals surface area (Å²) in [5, 5.41) is 2.81. The number of carbonyl (C=O) groups excluding carboxylic acids is 3. The van der Waals surface area contributed by atoms with Crippen LogP contribution in [0.1, 0.15) is 33.2 Å². The molecule has 0 unspecified atom stereocenters. The minimum atomic E-state index is -1.18. The minimum Gasteiger partial charge on any atom is -0.325 e. The molecule has 0 bridgehead atoms. The molecule has 4 rings (SSSR count). The van der Waals surface area contributed by atoms with E-state index in [1.54, 1.807) is 43.3 Å². The molecule has 1 aliphatic carbocycles. The van der Waals surface area contributed by atoms with Crippen LogP contribution < -0.4 is 5.32 Å². The molecule has 118 valence electrons.